The summed E-state index contributed by atoms with van der Waals surface area (Å²) in [5.41, 5.74) is 1.03. The van der Waals surface area contributed by atoms with Gasteiger partial charge in [0.05, 0.1) is 0 Å². The number of nitrogens with zero attached hydrogens (tertiary/aromatic N) is 4. The third-order valence-corrected chi connectivity index (χ3v) is 3.66. The molecule has 1 N–H and O–H groups in total. The Morgan fingerprint density at radius 2 is 2.11 bits per heavy atom. The van der Waals surface area contributed by atoms with E-state index in [1.165, 1.54) is 0 Å². The number of nitrogens with one attached hydrogen (secondary N) is 1. The predicted octanol–water partition coefficient (Wildman–Crippen LogP) is 1.01. The fourth-order valence-corrected chi connectivity index (χ4v) is 2.53. The average molecular weight is 263 g/mol. The molecule has 0 bridgehead atoms. The van der Waals surface area contributed by atoms with Crippen LogP contribution in [-0.4, -0.2) is 66.1 Å². The Labute approximate surface area is 116 Å². The standard InChI is InChI=1S/C14H25N5/c1-5-15-13-8-11(2)16-14(17-13)9-12-10-18(3)6-7-19(12)4/h8,12H,5-7,9-10H2,1-4H3,(H,15,16,17). The number of aryl methyl sites for hydroxylation is 1. The molecule has 0 aromatic carbocycles. The van der Waals surface area contributed by atoms with Crippen LogP contribution in [0.15, 0.2) is 6.07 Å². The smallest absolute Gasteiger partial charge is 0.132 e. The Bertz CT molecular complexity index is 420. The predicted molar refractivity (Wildman–Crippen MR) is 78.6 cm³/mol. The van der Waals surface area contributed by atoms with Gasteiger partial charge in [0.15, 0.2) is 0 Å². The summed E-state index contributed by atoms with van der Waals surface area (Å²) in [7, 11) is 4.37. The van der Waals surface area contributed by atoms with Crippen LogP contribution in [0.1, 0.15) is 18.4 Å². The van der Waals surface area contributed by atoms with Crippen LogP contribution in [-0.2, 0) is 6.42 Å². The number of rotatable bonds is 4. The normalized spacial score (nSPS) is 21.6. The molecule has 2 heterocycles. The van der Waals surface area contributed by atoms with Gasteiger partial charge in [0, 0.05) is 50.4 Å². The van der Waals surface area contributed by atoms with Crippen molar-refractivity contribution in [2.45, 2.75) is 26.3 Å². The van der Waals surface area contributed by atoms with Crippen LogP contribution in [0, 0.1) is 6.92 Å². The molecular weight excluding hydrogens is 238 g/mol. The Balaban J connectivity index is 2.09. The molecule has 5 heteroatoms. The van der Waals surface area contributed by atoms with Crippen molar-refractivity contribution in [1.82, 2.24) is 19.8 Å². The van der Waals surface area contributed by atoms with Crippen LogP contribution in [0.5, 0.6) is 0 Å². The van der Waals surface area contributed by atoms with Gasteiger partial charge in [-0.3, -0.25) is 0 Å². The Morgan fingerprint density at radius 1 is 1.32 bits per heavy atom. The zero-order valence-electron chi connectivity index (χ0n) is 12.5. The summed E-state index contributed by atoms with van der Waals surface area (Å²) in [6, 6.07) is 2.51. The van der Waals surface area contributed by atoms with Gasteiger partial charge in [0.2, 0.25) is 0 Å². The van der Waals surface area contributed by atoms with Gasteiger partial charge in [-0.1, -0.05) is 0 Å². The van der Waals surface area contributed by atoms with E-state index in [4.69, 9.17) is 0 Å². The molecule has 0 saturated carbocycles. The van der Waals surface area contributed by atoms with Crippen molar-refractivity contribution in [2.75, 3.05) is 45.6 Å². The summed E-state index contributed by atoms with van der Waals surface area (Å²) in [5, 5.41) is 3.27. The molecule has 1 aliphatic rings. The first-order chi connectivity index (χ1) is 9.08. The van der Waals surface area contributed by atoms with Crippen molar-refractivity contribution in [1.29, 1.82) is 0 Å². The lowest BCUT2D eigenvalue weighted by Gasteiger charge is -2.37. The summed E-state index contributed by atoms with van der Waals surface area (Å²) >= 11 is 0. The topological polar surface area (TPSA) is 44.3 Å². The van der Waals surface area contributed by atoms with E-state index in [0.29, 0.717) is 6.04 Å². The molecule has 19 heavy (non-hydrogen) atoms. The molecule has 1 aliphatic heterocycles. The molecule has 106 valence electrons. The lowest BCUT2D eigenvalue weighted by Crippen LogP contribution is -2.51. The minimum absolute atomic E-state index is 0.509. The molecule has 0 amide bonds. The third kappa shape index (κ3) is 3.88. The minimum Gasteiger partial charge on any atom is -0.370 e. The van der Waals surface area contributed by atoms with Crippen LogP contribution in [0.3, 0.4) is 0 Å². The van der Waals surface area contributed by atoms with Gasteiger partial charge in [-0.25, -0.2) is 9.97 Å². The van der Waals surface area contributed by atoms with Gasteiger partial charge in [-0.2, -0.15) is 0 Å². The maximum Gasteiger partial charge on any atom is 0.132 e. The summed E-state index contributed by atoms with van der Waals surface area (Å²) < 4.78 is 0. The van der Waals surface area contributed by atoms with Gasteiger partial charge < -0.3 is 15.1 Å². The number of likely N-dealkylation sites (N-methyl/N-ethyl adjacent to an activating group) is 2. The van der Waals surface area contributed by atoms with Crippen LogP contribution >= 0.6 is 0 Å². The highest BCUT2D eigenvalue weighted by Crippen LogP contribution is 2.13. The van der Waals surface area contributed by atoms with E-state index in [1.807, 2.05) is 13.0 Å². The highest BCUT2D eigenvalue weighted by atomic mass is 15.3. The van der Waals surface area contributed by atoms with Crippen molar-refractivity contribution in [3.63, 3.8) is 0 Å². The van der Waals surface area contributed by atoms with E-state index in [0.717, 1.165) is 49.9 Å². The molecule has 1 atom stereocenters. The van der Waals surface area contributed by atoms with Gasteiger partial charge in [-0.05, 0) is 27.9 Å². The first-order valence-electron chi connectivity index (χ1n) is 7.05. The van der Waals surface area contributed by atoms with Gasteiger partial charge in [0.1, 0.15) is 11.6 Å². The second-order valence-electron chi connectivity index (χ2n) is 5.44. The van der Waals surface area contributed by atoms with Gasteiger partial charge >= 0.3 is 0 Å². The van der Waals surface area contributed by atoms with Gasteiger partial charge in [-0.15, -0.1) is 0 Å². The molecule has 1 unspecified atom stereocenters. The van der Waals surface area contributed by atoms with Crippen molar-refractivity contribution < 1.29 is 0 Å². The molecule has 1 aromatic rings. The average Bonchev–Trinajstić information content (AvgIpc) is 2.33. The fraction of sp³-hybridized carbons (Fsp3) is 0.714. The fourth-order valence-electron chi connectivity index (χ4n) is 2.53. The largest absolute Gasteiger partial charge is 0.370 e. The Morgan fingerprint density at radius 3 is 2.84 bits per heavy atom. The summed E-state index contributed by atoms with van der Waals surface area (Å²) in [5.74, 6) is 1.89. The molecular formula is C14H25N5. The molecule has 1 aromatic heterocycles. The third-order valence-electron chi connectivity index (χ3n) is 3.66. The van der Waals surface area contributed by atoms with E-state index in [9.17, 15) is 0 Å². The molecule has 0 radical (unpaired) electrons. The van der Waals surface area contributed by atoms with E-state index in [2.05, 4.69) is 46.1 Å². The molecule has 2 rings (SSSR count). The van der Waals surface area contributed by atoms with E-state index in [1.54, 1.807) is 0 Å². The first-order valence-corrected chi connectivity index (χ1v) is 7.05. The molecule has 1 saturated heterocycles. The highest BCUT2D eigenvalue weighted by Gasteiger charge is 2.23. The van der Waals surface area contributed by atoms with Crippen molar-refractivity contribution in [3.05, 3.63) is 17.6 Å². The zero-order chi connectivity index (χ0) is 13.8. The summed E-state index contributed by atoms with van der Waals surface area (Å²) in [6.45, 7) is 8.35. The monoisotopic (exact) mass is 263 g/mol. The molecule has 0 spiro atoms. The second-order valence-corrected chi connectivity index (χ2v) is 5.44. The number of anilines is 1. The lowest BCUT2D eigenvalue weighted by molar-refractivity contribution is 0.113. The molecule has 5 nitrogen and oxygen atoms in total. The maximum absolute atomic E-state index is 4.61. The van der Waals surface area contributed by atoms with E-state index < -0.39 is 0 Å². The van der Waals surface area contributed by atoms with E-state index >= 15 is 0 Å². The quantitative estimate of drug-likeness (QED) is 0.878. The van der Waals surface area contributed by atoms with Crippen LogP contribution in [0.4, 0.5) is 5.82 Å². The molecule has 1 fully saturated rings. The summed E-state index contributed by atoms with van der Waals surface area (Å²) in [6.07, 6.45) is 0.918. The van der Waals surface area contributed by atoms with Crippen molar-refractivity contribution in [3.8, 4) is 0 Å². The SMILES string of the molecule is CCNc1cc(C)nc(CC2CN(C)CCN2C)n1. The van der Waals surface area contributed by atoms with Crippen molar-refractivity contribution >= 4 is 5.82 Å². The number of hydrogen-bond donors (Lipinski definition) is 1. The Hall–Kier alpha value is -1.20. The number of piperazine rings is 1. The Kier molecular flexibility index (Phi) is 4.71. The summed E-state index contributed by atoms with van der Waals surface area (Å²) in [4.78, 5) is 14.0. The maximum atomic E-state index is 4.61. The van der Waals surface area contributed by atoms with Crippen LogP contribution in [0.25, 0.3) is 0 Å². The number of hydrogen-bond acceptors (Lipinski definition) is 5. The zero-order valence-corrected chi connectivity index (χ0v) is 12.5. The molecule has 0 aliphatic carbocycles. The van der Waals surface area contributed by atoms with Crippen LogP contribution in [0.2, 0.25) is 0 Å². The van der Waals surface area contributed by atoms with E-state index in [-0.39, 0.29) is 0 Å². The number of aromatic nitrogens is 2. The highest BCUT2D eigenvalue weighted by molar-refractivity contribution is 5.35. The second kappa shape index (κ2) is 6.30. The first kappa shape index (κ1) is 14.2. The van der Waals surface area contributed by atoms with Crippen molar-refractivity contribution in [2.24, 2.45) is 0 Å². The van der Waals surface area contributed by atoms with Crippen LogP contribution < -0.4 is 5.32 Å². The minimum atomic E-state index is 0.509. The lowest BCUT2D eigenvalue weighted by atomic mass is 10.1. The van der Waals surface area contributed by atoms with Gasteiger partial charge in [0.25, 0.3) is 0 Å².